The molecule has 4 rings (SSSR count). The Morgan fingerprint density at radius 1 is 1.33 bits per heavy atom. The molecule has 1 aromatic carbocycles. The Morgan fingerprint density at radius 2 is 2.08 bits per heavy atom. The second kappa shape index (κ2) is 5.50. The zero-order valence-corrected chi connectivity index (χ0v) is 13.7. The number of hydrogen-bond donors (Lipinski definition) is 2. The van der Waals surface area contributed by atoms with Crippen LogP contribution in [0.1, 0.15) is 36.8 Å². The van der Waals surface area contributed by atoms with E-state index in [9.17, 15) is 10.4 Å². The van der Waals surface area contributed by atoms with Gasteiger partial charge in [0, 0.05) is 6.54 Å². The molecule has 1 saturated carbocycles. The summed E-state index contributed by atoms with van der Waals surface area (Å²) < 4.78 is 1.99. The Balaban J connectivity index is 1.86. The smallest absolute Gasteiger partial charge is 0.157 e. The van der Waals surface area contributed by atoms with Gasteiger partial charge in [-0.2, -0.15) is 5.26 Å². The van der Waals surface area contributed by atoms with E-state index in [0.717, 1.165) is 48.1 Å². The SMILES string of the molecule is Cc1cc(NCC2(O)CCCC2)n2c(nc3ccccc32)c1C#N. The van der Waals surface area contributed by atoms with Crippen LogP contribution in [0.15, 0.2) is 30.3 Å². The molecule has 5 heteroatoms. The summed E-state index contributed by atoms with van der Waals surface area (Å²) in [5.74, 6) is 0.871. The highest BCUT2D eigenvalue weighted by atomic mass is 16.3. The van der Waals surface area contributed by atoms with Gasteiger partial charge in [0.2, 0.25) is 0 Å². The van der Waals surface area contributed by atoms with E-state index >= 15 is 0 Å². The number of nitrogens with zero attached hydrogens (tertiary/aromatic N) is 3. The topological polar surface area (TPSA) is 73.3 Å². The molecule has 2 N–H and O–H groups in total. The average molecular weight is 320 g/mol. The normalized spacial score (nSPS) is 16.5. The first-order chi connectivity index (χ1) is 11.6. The first-order valence-corrected chi connectivity index (χ1v) is 8.38. The molecule has 24 heavy (non-hydrogen) atoms. The van der Waals surface area contributed by atoms with Crippen molar-refractivity contribution in [1.29, 1.82) is 5.26 Å². The molecule has 5 nitrogen and oxygen atoms in total. The van der Waals surface area contributed by atoms with Crippen LogP contribution >= 0.6 is 0 Å². The Hall–Kier alpha value is -2.58. The molecule has 0 spiro atoms. The average Bonchev–Trinajstić information content (AvgIpc) is 3.17. The highest BCUT2D eigenvalue weighted by Gasteiger charge is 2.31. The van der Waals surface area contributed by atoms with Crippen LogP contribution in [-0.4, -0.2) is 26.6 Å². The Labute approximate surface area is 140 Å². The number of fused-ring (bicyclic) bond motifs is 3. The van der Waals surface area contributed by atoms with Gasteiger partial charge in [-0.25, -0.2) is 4.98 Å². The van der Waals surface area contributed by atoms with E-state index in [4.69, 9.17) is 0 Å². The van der Waals surface area contributed by atoms with Crippen molar-refractivity contribution >= 4 is 22.5 Å². The third-order valence-corrected chi connectivity index (χ3v) is 5.02. The largest absolute Gasteiger partial charge is 0.388 e. The van der Waals surface area contributed by atoms with Crippen LogP contribution in [0.2, 0.25) is 0 Å². The van der Waals surface area contributed by atoms with Crippen LogP contribution < -0.4 is 5.32 Å². The highest BCUT2D eigenvalue weighted by molar-refractivity contribution is 5.85. The molecule has 2 heterocycles. The number of aliphatic hydroxyl groups is 1. The van der Waals surface area contributed by atoms with Crippen LogP contribution in [-0.2, 0) is 0 Å². The maximum atomic E-state index is 10.6. The van der Waals surface area contributed by atoms with Crippen molar-refractivity contribution in [2.45, 2.75) is 38.2 Å². The van der Waals surface area contributed by atoms with Crippen molar-refractivity contribution in [3.05, 3.63) is 41.5 Å². The van der Waals surface area contributed by atoms with E-state index in [1.807, 2.05) is 41.7 Å². The van der Waals surface area contributed by atoms with Gasteiger partial charge in [0.05, 0.1) is 22.2 Å². The molecule has 0 saturated heterocycles. The lowest BCUT2D eigenvalue weighted by Gasteiger charge is -2.23. The summed E-state index contributed by atoms with van der Waals surface area (Å²) in [6.45, 7) is 2.44. The summed E-state index contributed by atoms with van der Waals surface area (Å²) >= 11 is 0. The molecular formula is C19H20N4O. The first kappa shape index (κ1) is 15.0. The number of hydrogen-bond acceptors (Lipinski definition) is 4. The lowest BCUT2D eigenvalue weighted by molar-refractivity contribution is 0.0614. The van der Waals surface area contributed by atoms with Gasteiger partial charge in [0.15, 0.2) is 5.65 Å². The molecule has 1 aliphatic rings. The molecule has 3 aromatic rings. The standard InChI is InChI=1S/C19H20N4O/c1-13-10-17(21-12-19(24)8-4-5-9-19)23-16-7-3-2-6-15(16)22-18(23)14(13)11-20/h2-3,6-7,10,21,24H,4-5,8-9,12H2,1H3. The van der Waals surface area contributed by atoms with E-state index in [-0.39, 0.29) is 0 Å². The summed E-state index contributed by atoms with van der Waals surface area (Å²) in [6.07, 6.45) is 3.83. The Morgan fingerprint density at radius 3 is 2.83 bits per heavy atom. The third-order valence-electron chi connectivity index (χ3n) is 5.02. The molecule has 122 valence electrons. The number of nitrogens with one attached hydrogen (secondary N) is 1. The number of pyridine rings is 1. The first-order valence-electron chi connectivity index (χ1n) is 8.38. The van der Waals surface area contributed by atoms with Crippen LogP contribution in [0.25, 0.3) is 16.7 Å². The maximum Gasteiger partial charge on any atom is 0.157 e. The van der Waals surface area contributed by atoms with Crippen molar-refractivity contribution in [2.24, 2.45) is 0 Å². The van der Waals surface area contributed by atoms with Gasteiger partial charge < -0.3 is 10.4 Å². The van der Waals surface area contributed by atoms with Gasteiger partial charge >= 0.3 is 0 Å². The number of rotatable bonds is 3. The fourth-order valence-electron chi connectivity index (χ4n) is 3.69. The third kappa shape index (κ3) is 2.31. The molecule has 1 fully saturated rings. The monoisotopic (exact) mass is 320 g/mol. The number of para-hydroxylation sites is 2. The second-order valence-electron chi connectivity index (χ2n) is 6.74. The van der Waals surface area contributed by atoms with Crippen molar-refractivity contribution in [1.82, 2.24) is 9.38 Å². The van der Waals surface area contributed by atoms with Gasteiger partial charge in [-0.15, -0.1) is 0 Å². The highest BCUT2D eigenvalue weighted by Crippen LogP contribution is 2.31. The Kier molecular flexibility index (Phi) is 3.43. The molecule has 1 aliphatic carbocycles. The van der Waals surface area contributed by atoms with E-state index in [2.05, 4.69) is 16.4 Å². The zero-order chi connectivity index (χ0) is 16.7. The Bertz CT molecular complexity index is 961. The minimum Gasteiger partial charge on any atom is -0.388 e. The maximum absolute atomic E-state index is 10.6. The summed E-state index contributed by atoms with van der Waals surface area (Å²) in [4.78, 5) is 4.64. The number of aromatic nitrogens is 2. The second-order valence-corrected chi connectivity index (χ2v) is 6.74. The lowest BCUT2D eigenvalue weighted by Crippen LogP contribution is -2.34. The van der Waals surface area contributed by atoms with E-state index in [0.29, 0.717) is 17.8 Å². The van der Waals surface area contributed by atoms with Gasteiger partial charge in [-0.3, -0.25) is 4.40 Å². The molecule has 0 atom stereocenters. The van der Waals surface area contributed by atoms with E-state index in [1.165, 1.54) is 0 Å². The van der Waals surface area contributed by atoms with Crippen molar-refractivity contribution in [3.63, 3.8) is 0 Å². The van der Waals surface area contributed by atoms with Crippen molar-refractivity contribution in [2.75, 3.05) is 11.9 Å². The number of imidazole rings is 1. The van der Waals surface area contributed by atoms with Crippen LogP contribution in [0.4, 0.5) is 5.82 Å². The van der Waals surface area contributed by atoms with E-state index < -0.39 is 5.60 Å². The molecule has 0 bridgehead atoms. The van der Waals surface area contributed by atoms with Gasteiger partial charge in [0.25, 0.3) is 0 Å². The van der Waals surface area contributed by atoms with Gasteiger partial charge in [-0.05, 0) is 43.5 Å². The number of aryl methyl sites for hydroxylation is 1. The van der Waals surface area contributed by atoms with Crippen molar-refractivity contribution in [3.8, 4) is 6.07 Å². The minimum atomic E-state index is -0.634. The molecule has 0 amide bonds. The van der Waals surface area contributed by atoms with Crippen LogP contribution in [0.5, 0.6) is 0 Å². The van der Waals surface area contributed by atoms with Gasteiger partial charge in [0.1, 0.15) is 11.9 Å². The summed E-state index contributed by atoms with van der Waals surface area (Å²) in [7, 11) is 0. The quantitative estimate of drug-likeness (QED) is 0.776. The summed E-state index contributed by atoms with van der Waals surface area (Å²) in [6, 6.07) is 12.1. The number of nitriles is 1. The van der Waals surface area contributed by atoms with Crippen LogP contribution in [0.3, 0.4) is 0 Å². The molecular weight excluding hydrogens is 300 g/mol. The zero-order valence-electron chi connectivity index (χ0n) is 13.7. The van der Waals surface area contributed by atoms with E-state index in [1.54, 1.807) is 0 Å². The van der Waals surface area contributed by atoms with Gasteiger partial charge in [-0.1, -0.05) is 25.0 Å². The predicted molar refractivity (Wildman–Crippen MR) is 94.1 cm³/mol. The fraction of sp³-hybridized carbons (Fsp3) is 0.368. The molecule has 0 radical (unpaired) electrons. The fourth-order valence-corrected chi connectivity index (χ4v) is 3.69. The number of anilines is 1. The lowest BCUT2D eigenvalue weighted by atomic mass is 10.0. The molecule has 0 aliphatic heterocycles. The summed E-state index contributed by atoms with van der Waals surface area (Å²) in [5.41, 5.74) is 3.34. The minimum absolute atomic E-state index is 0.514. The van der Waals surface area contributed by atoms with Crippen molar-refractivity contribution < 1.29 is 5.11 Å². The summed E-state index contributed by atoms with van der Waals surface area (Å²) in [5, 5.41) is 23.5. The number of benzene rings is 1. The molecule has 2 aromatic heterocycles. The molecule has 0 unspecified atom stereocenters. The van der Waals surface area contributed by atoms with Crippen LogP contribution in [0, 0.1) is 18.3 Å². The predicted octanol–water partition coefficient (Wildman–Crippen LogP) is 3.38.